The summed E-state index contributed by atoms with van der Waals surface area (Å²) < 4.78 is 95.5. The minimum Gasteiger partial charge on any atom is -0.363 e. The van der Waals surface area contributed by atoms with Gasteiger partial charge in [0.2, 0.25) is 5.91 Å². The number of benzene rings is 3. The van der Waals surface area contributed by atoms with Crippen LogP contribution in [-0.2, 0) is 28.5 Å². The number of likely N-dealkylation sites (N-methyl/N-ethyl adjacent to an activating group) is 1. The van der Waals surface area contributed by atoms with Gasteiger partial charge in [-0.15, -0.1) is 0 Å². The van der Waals surface area contributed by atoms with Crippen LogP contribution in [0.3, 0.4) is 0 Å². The van der Waals surface area contributed by atoms with Gasteiger partial charge in [0.15, 0.2) is 0 Å². The lowest BCUT2D eigenvalue weighted by Crippen LogP contribution is -2.57. The van der Waals surface area contributed by atoms with Crippen molar-refractivity contribution in [3.63, 3.8) is 0 Å². The van der Waals surface area contributed by atoms with E-state index in [2.05, 4.69) is 10.6 Å². The molecule has 1 atom stereocenters. The van der Waals surface area contributed by atoms with Crippen molar-refractivity contribution >= 4 is 29.1 Å². The molecule has 2 aliphatic rings. The van der Waals surface area contributed by atoms with Crippen LogP contribution in [0.4, 0.5) is 42.1 Å². The van der Waals surface area contributed by atoms with Crippen LogP contribution < -0.4 is 20.4 Å². The number of rotatable bonds is 6. The van der Waals surface area contributed by atoms with Gasteiger partial charge in [-0.05, 0) is 66.9 Å². The molecule has 0 unspecified atom stereocenters. The summed E-state index contributed by atoms with van der Waals surface area (Å²) in [6.07, 6.45) is -9.61. The Morgan fingerprint density at radius 3 is 2.07 bits per heavy atom. The average Bonchev–Trinajstić information content (AvgIpc) is 3.76. The molecule has 5 rings (SSSR count). The topological polar surface area (TPSA) is 81.8 Å². The first-order valence-electron chi connectivity index (χ1n) is 13.4. The molecule has 1 aliphatic carbocycles. The van der Waals surface area contributed by atoms with Crippen LogP contribution in [0.1, 0.15) is 39.9 Å². The van der Waals surface area contributed by atoms with Crippen molar-refractivity contribution < 1.29 is 45.1 Å². The highest BCUT2D eigenvalue weighted by Gasteiger charge is 2.52. The van der Waals surface area contributed by atoms with Gasteiger partial charge in [0.25, 0.3) is 11.8 Å². The van der Waals surface area contributed by atoms with Crippen LogP contribution in [0.2, 0.25) is 0 Å². The molecule has 0 radical (unpaired) electrons. The fourth-order valence-electron chi connectivity index (χ4n) is 5.08. The molecular formula is C30H25F7N4O3. The van der Waals surface area contributed by atoms with E-state index in [0.29, 0.717) is 17.7 Å². The smallest absolute Gasteiger partial charge is 0.363 e. The van der Waals surface area contributed by atoms with Crippen molar-refractivity contribution in [3.8, 4) is 0 Å². The third-order valence-electron chi connectivity index (χ3n) is 7.57. The van der Waals surface area contributed by atoms with Crippen LogP contribution in [-0.4, -0.2) is 42.9 Å². The van der Waals surface area contributed by atoms with Gasteiger partial charge in [0.1, 0.15) is 17.4 Å². The second kappa shape index (κ2) is 11.1. The van der Waals surface area contributed by atoms with E-state index in [-0.39, 0.29) is 42.4 Å². The molecular weight excluding hydrogens is 597 g/mol. The van der Waals surface area contributed by atoms with E-state index < -0.39 is 65.1 Å². The van der Waals surface area contributed by atoms with E-state index in [4.69, 9.17) is 0 Å². The molecule has 2 N–H and O–H groups in total. The fraction of sp³-hybridized carbons (Fsp3) is 0.300. The fourth-order valence-corrected chi connectivity index (χ4v) is 5.08. The molecule has 0 bridgehead atoms. The summed E-state index contributed by atoms with van der Waals surface area (Å²) in [6, 6.07) is 11.2. The molecule has 1 aliphatic heterocycles. The number of carbonyl (C=O) groups excluding carboxylic acids is 3. The van der Waals surface area contributed by atoms with Gasteiger partial charge in [0, 0.05) is 25.7 Å². The molecule has 14 heteroatoms. The van der Waals surface area contributed by atoms with Crippen molar-refractivity contribution in [2.24, 2.45) is 0 Å². The van der Waals surface area contributed by atoms with Gasteiger partial charge in [-0.25, -0.2) is 4.39 Å². The average molecular weight is 623 g/mol. The maximum absolute atomic E-state index is 14.3. The Hall–Kier alpha value is -4.62. The molecule has 0 aromatic heterocycles. The van der Waals surface area contributed by atoms with Crippen LogP contribution >= 0.6 is 0 Å². The van der Waals surface area contributed by atoms with Gasteiger partial charge in [-0.2, -0.15) is 26.3 Å². The third kappa shape index (κ3) is 6.33. The summed E-state index contributed by atoms with van der Waals surface area (Å²) in [5.41, 5.74) is -4.28. The molecule has 232 valence electrons. The van der Waals surface area contributed by atoms with Crippen LogP contribution in [0.5, 0.6) is 0 Å². The molecule has 1 saturated carbocycles. The van der Waals surface area contributed by atoms with Crippen LogP contribution in [0.25, 0.3) is 0 Å². The SMILES string of the molecule is CN1C(=O)[C@H](NC(=O)C2(NC(=O)c3ccccc3)CC2)CN(Cc2cc(C(F)(F)F)cc(C(F)(F)F)c2)c2ccc(F)cc21. The number of nitrogens with one attached hydrogen (secondary N) is 2. The minimum atomic E-state index is -5.08. The Kier molecular flexibility index (Phi) is 7.80. The van der Waals surface area contributed by atoms with Crippen molar-refractivity contribution in [1.29, 1.82) is 0 Å². The van der Waals surface area contributed by atoms with Crippen LogP contribution in [0.15, 0.2) is 66.7 Å². The summed E-state index contributed by atoms with van der Waals surface area (Å²) in [5.74, 6) is -2.66. The zero-order valence-corrected chi connectivity index (χ0v) is 23.0. The van der Waals surface area contributed by atoms with Crippen molar-refractivity contribution in [3.05, 3.63) is 94.8 Å². The molecule has 3 aromatic rings. The standard InChI is InChI=1S/C30H25F7N4O3/c1-40-24-14-21(31)7-8-23(24)41(15-17-11-19(29(32,33)34)13-20(12-17)30(35,36)37)16-22(26(40)43)38-27(44)28(9-10-28)39-25(42)18-5-3-2-4-6-18/h2-8,11-14,22H,9-10,15-16H2,1H3,(H,38,44)(H,39,42)/t22-/m1/s1. The lowest BCUT2D eigenvalue weighted by molar-refractivity contribution is -0.143. The van der Waals surface area contributed by atoms with Gasteiger partial charge in [-0.3, -0.25) is 14.4 Å². The Morgan fingerprint density at radius 1 is 0.886 bits per heavy atom. The summed E-state index contributed by atoms with van der Waals surface area (Å²) >= 11 is 0. The molecule has 0 spiro atoms. The zero-order valence-electron chi connectivity index (χ0n) is 23.0. The predicted molar refractivity (Wildman–Crippen MR) is 145 cm³/mol. The monoisotopic (exact) mass is 622 g/mol. The van der Waals surface area contributed by atoms with E-state index in [1.54, 1.807) is 30.3 Å². The van der Waals surface area contributed by atoms with Crippen molar-refractivity contribution in [1.82, 2.24) is 10.6 Å². The number of amides is 3. The Labute approximate surface area is 246 Å². The van der Waals surface area contributed by atoms with Gasteiger partial charge >= 0.3 is 12.4 Å². The minimum absolute atomic E-state index is 0.00622. The molecule has 1 fully saturated rings. The zero-order chi connectivity index (χ0) is 32.0. The molecule has 3 aromatic carbocycles. The first kappa shape index (κ1) is 30.8. The second-order valence-corrected chi connectivity index (χ2v) is 10.8. The normalized spacial score (nSPS) is 17.9. The Morgan fingerprint density at radius 2 is 1.50 bits per heavy atom. The van der Waals surface area contributed by atoms with Gasteiger partial charge in [0.05, 0.1) is 22.5 Å². The second-order valence-electron chi connectivity index (χ2n) is 10.8. The summed E-state index contributed by atoms with van der Waals surface area (Å²) in [7, 11) is 1.30. The first-order chi connectivity index (χ1) is 20.6. The largest absolute Gasteiger partial charge is 0.416 e. The number of halogens is 7. The lowest BCUT2D eigenvalue weighted by atomic mass is 10.0. The number of nitrogens with zero attached hydrogens (tertiary/aromatic N) is 2. The maximum atomic E-state index is 14.3. The first-order valence-corrected chi connectivity index (χ1v) is 13.4. The van der Waals surface area contributed by atoms with Crippen molar-refractivity contribution in [2.45, 2.75) is 43.3 Å². The predicted octanol–water partition coefficient (Wildman–Crippen LogP) is 5.29. The number of hydrogen-bond acceptors (Lipinski definition) is 4. The molecule has 44 heavy (non-hydrogen) atoms. The highest BCUT2D eigenvalue weighted by Crippen LogP contribution is 2.39. The van der Waals surface area contributed by atoms with E-state index >= 15 is 0 Å². The number of alkyl halides is 6. The molecule has 1 heterocycles. The van der Waals surface area contributed by atoms with Gasteiger partial charge in [-0.1, -0.05) is 18.2 Å². The molecule has 3 amide bonds. The maximum Gasteiger partial charge on any atom is 0.416 e. The number of fused-ring (bicyclic) bond motifs is 1. The number of hydrogen-bond donors (Lipinski definition) is 2. The van der Waals surface area contributed by atoms with E-state index in [1.807, 2.05) is 0 Å². The number of carbonyl (C=O) groups is 3. The molecule has 7 nitrogen and oxygen atoms in total. The number of anilines is 2. The Balaban J connectivity index is 1.46. The van der Waals surface area contributed by atoms with E-state index in [1.165, 1.54) is 18.0 Å². The van der Waals surface area contributed by atoms with Gasteiger partial charge < -0.3 is 20.4 Å². The highest BCUT2D eigenvalue weighted by atomic mass is 19.4. The van der Waals surface area contributed by atoms with Crippen molar-refractivity contribution in [2.75, 3.05) is 23.4 Å². The third-order valence-corrected chi connectivity index (χ3v) is 7.57. The van der Waals surface area contributed by atoms with Crippen LogP contribution in [0, 0.1) is 5.82 Å². The lowest BCUT2D eigenvalue weighted by Gasteiger charge is -2.28. The summed E-state index contributed by atoms with van der Waals surface area (Å²) in [6.45, 7) is -0.928. The summed E-state index contributed by atoms with van der Waals surface area (Å²) in [5, 5.41) is 5.27. The quantitative estimate of drug-likeness (QED) is 0.366. The Bertz CT molecular complexity index is 1570. The highest BCUT2D eigenvalue weighted by molar-refractivity contribution is 6.05. The van der Waals surface area contributed by atoms with E-state index in [9.17, 15) is 45.1 Å². The molecule has 0 saturated heterocycles. The summed E-state index contributed by atoms with van der Waals surface area (Å²) in [4.78, 5) is 42.0. The van der Waals surface area contributed by atoms with E-state index in [0.717, 1.165) is 17.0 Å².